The van der Waals surface area contributed by atoms with Gasteiger partial charge in [-0.2, -0.15) is 0 Å². The first kappa shape index (κ1) is 26.7. The lowest BCUT2D eigenvalue weighted by atomic mass is 9.61. The van der Waals surface area contributed by atoms with Crippen molar-refractivity contribution in [2.45, 2.75) is 53.9 Å². The Morgan fingerprint density at radius 1 is 1.30 bits per heavy atom. The van der Waals surface area contributed by atoms with Gasteiger partial charge in [0.1, 0.15) is 17.3 Å². The van der Waals surface area contributed by atoms with Crippen molar-refractivity contribution in [1.82, 2.24) is 0 Å². The molecule has 0 spiro atoms. The molecule has 7 heteroatoms. The molecule has 1 saturated carbocycles. The number of hydrogen-bond donors (Lipinski definition) is 1. The maximum absolute atomic E-state index is 12.3. The number of carboxylic acids is 1. The number of halogens is 1. The highest BCUT2D eigenvalue weighted by Gasteiger charge is 2.41. The lowest BCUT2D eigenvalue weighted by Gasteiger charge is -2.42. The van der Waals surface area contributed by atoms with E-state index in [0.29, 0.717) is 53.3 Å². The molecule has 1 aromatic rings. The largest absolute Gasteiger partial charge is 0.496 e. The summed E-state index contributed by atoms with van der Waals surface area (Å²) >= 11 is 6.44. The first-order valence-corrected chi connectivity index (χ1v) is 11.4. The molecule has 1 fully saturated rings. The average molecular weight is 477 g/mol. The Labute approximate surface area is 200 Å². The summed E-state index contributed by atoms with van der Waals surface area (Å²) in [6.45, 7) is 9.33. The maximum Gasteiger partial charge on any atom is 0.341 e. The van der Waals surface area contributed by atoms with Crippen LogP contribution in [0.5, 0.6) is 11.5 Å². The van der Waals surface area contributed by atoms with Crippen molar-refractivity contribution >= 4 is 29.6 Å². The summed E-state index contributed by atoms with van der Waals surface area (Å²) in [5.41, 5.74) is 1.99. The lowest BCUT2D eigenvalue weighted by molar-refractivity contribution is -0.139. The molecular formula is C26H33ClO6. The fourth-order valence-electron chi connectivity index (χ4n) is 4.31. The first-order valence-electron chi connectivity index (χ1n) is 11.0. The summed E-state index contributed by atoms with van der Waals surface area (Å²) in [7, 11) is 1.44. The number of rotatable bonds is 9. The summed E-state index contributed by atoms with van der Waals surface area (Å²) in [4.78, 5) is 35.1. The summed E-state index contributed by atoms with van der Waals surface area (Å²) in [5.74, 6) is -0.000722. The van der Waals surface area contributed by atoms with Crippen LogP contribution < -0.4 is 9.47 Å². The van der Waals surface area contributed by atoms with Gasteiger partial charge in [0.15, 0.2) is 12.9 Å². The van der Waals surface area contributed by atoms with Crippen LogP contribution in [-0.4, -0.2) is 36.9 Å². The number of Topliss-reactive ketones (excluding diaryl/α,β-unsaturated/α-hetero) is 1. The van der Waals surface area contributed by atoms with Gasteiger partial charge in [0, 0.05) is 17.9 Å². The van der Waals surface area contributed by atoms with Gasteiger partial charge in [-0.05, 0) is 43.6 Å². The summed E-state index contributed by atoms with van der Waals surface area (Å²) < 4.78 is 11.0. The zero-order valence-electron chi connectivity index (χ0n) is 20.2. The van der Waals surface area contributed by atoms with Gasteiger partial charge in [-0.25, -0.2) is 4.79 Å². The van der Waals surface area contributed by atoms with Crippen molar-refractivity contribution in [3.05, 3.63) is 45.5 Å². The zero-order valence-corrected chi connectivity index (χ0v) is 20.9. The van der Waals surface area contributed by atoms with Crippen molar-refractivity contribution in [3.63, 3.8) is 0 Å². The van der Waals surface area contributed by atoms with Crippen LogP contribution in [0.1, 0.15) is 62.0 Å². The molecule has 1 N–H and O–H groups in total. The van der Waals surface area contributed by atoms with Crippen molar-refractivity contribution in [1.29, 1.82) is 0 Å². The Morgan fingerprint density at radius 3 is 2.55 bits per heavy atom. The van der Waals surface area contributed by atoms with Gasteiger partial charge >= 0.3 is 5.97 Å². The molecule has 1 aliphatic carbocycles. The van der Waals surface area contributed by atoms with Gasteiger partial charge < -0.3 is 14.6 Å². The van der Waals surface area contributed by atoms with Crippen LogP contribution in [0, 0.1) is 24.2 Å². The minimum atomic E-state index is -1.14. The van der Waals surface area contributed by atoms with E-state index in [2.05, 4.69) is 19.9 Å². The molecule has 0 aromatic heterocycles. The van der Waals surface area contributed by atoms with Crippen LogP contribution in [0.4, 0.5) is 0 Å². The van der Waals surface area contributed by atoms with E-state index in [9.17, 15) is 14.4 Å². The predicted octanol–water partition coefficient (Wildman–Crippen LogP) is 5.62. The number of ketones is 1. The Morgan fingerprint density at radius 2 is 1.97 bits per heavy atom. The molecule has 33 heavy (non-hydrogen) atoms. The van der Waals surface area contributed by atoms with Crippen molar-refractivity contribution < 1.29 is 29.0 Å². The minimum Gasteiger partial charge on any atom is -0.496 e. The second-order valence-electron chi connectivity index (χ2n) is 8.97. The van der Waals surface area contributed by atoms with E-state index in [1.165, 1.54) is 7.11 Å². The van der Waals surface area contributed by atoms with E-state index in [1.807, 2.05) is 26.0 Å². The Hall–Kier alpha value is -2.60. The van der Waals surface area contributed by atoms with E-state index < -0.39 is 12.6 Å². The number of benzene rings is 1. The van der Waals surface area contributed by atoms with E-state index in [1.54, 1.807) is 6.92 Å². The molecule has 6 nitrogen and oxygen atoms in total. The molecule has 1 aliphatic rings. The Bertz CT molecular complexity index is 993. The summed E-state index contributed by atoms with van der Waals surface area (Å²) in [6, 6.07) is 0. The number of hydrogen-bond acceptors (Lipinski definition) is 5. The number of aliphatic carboxylic acids is 1. The number of carbonyl (C=O) groups is 3. The number of methoxy groups -OCH3 is 1. The van der Waals surface area contributed by atoms with Crippen molar-refractivity contribution in [2.24, 2.45) is 17.3 Å². The highest BCUT2D eigenvalue weighted by atomic mass is 35.5. The topological polar surface area (TPSA) is 89.9 Å². The highest BCUT2D eigenvalue weighted by molar-refractivity contribution is 6.33. The smallest absolute Gasteiger partial charge is 0.341 e. The Balaban J connectivity index is 2.43. The molecular weight excluding hydrogens is 444 g/mol. The summed E-state index contributed by atoms with van der Waals surface area (Å²) in [6.07, 6.45) is 8.55. The molecule has 0 heterocycles. The number of ether oxygens (including phenoxy) is 2. The molecule has 0 unspecified atom stereocenters. The molecule has 0 saturated heterocycles. The van der Waals surface area contributed by atoms with Gasteiger partial charge in [-0.1, -0.05) is 56.2 Å². The lowest BCUT2D eigenvalue weighted by Crippen LogP contribution is -2.40. The number of aldehydes is 1. The van der Waals surface area contributed by atoms with Gasteiger partial charge in [0.2, 0.25) is 0 Å². The normalized spacial score (nSPS) is 23.6. The SMILES string of the molecule is COc1c(C=O)c(C)c(Cl)c(OCC(=O)O)c1C/C=C(C)/C=C/[C@@]1(C)[C@H](C)CCC(=O)[C@@H]1C. The molecule has 180 valence electrons. The van der Waals surface area contributed by atoms with Gasteiger partial charge in [0.25, 0.3) is 0 Å². The second-order valence-corrected chi connectivity index (χ2v) is 9.35. The third kappa shape index (κ3) is 5.67. The number of carbonyl (C=O) groups excluding carboxylic acids is 2. The fourth-order valence-corrected chi connectivity index (χ4v) is 4.58. The Kier molecular flexibility index (Phi) is 8.89. The second kappa shape index (κ2) is 11.0. The molecule has 0 aliphatic heterocycles. The zero-order chi connectivity index (χ0) is 24.9. The summed E-state index contributed by atoms with van der Waals surface area (Å²) in [5, 5.41) is 9.24. The third-order valence-corrected chi connectivity index (χ3v) is 7.48. The van der Waals surface area contributed by atoms with Crippen LogP contribution in [0.3, 0.4) is 0 Å². The molecule has 0 bridgehead atoms. The highest BCUT2D eigenvalue weighted by Crippen LogP contribution is 2.45. The van der Waals surface area contributed by atoms with E-state index in [4.69, 9.17) is 26.2 Å². The van der Waals surface area contributed by atoms with E-state index in [-0.39, 0.29) is 22.1 Å². The maximum atomic E-state index is 12.3. The third-order valence-electron chi connectivity index (χ3n) is 7.02. The predicted molar refractivity (Wildman–Crippen MR) is 129 cm³/mol. The molecule has 1 aromatic carbocycles. The minimum absolute atomic E-state index is 0.0486. The molecule has 3 atom stereocenters. The van der Waals surface area contributed by atoms with Crippen LogP contribution in [0.15, 0.2) is 23.8 Å². The van der Waals surface area contributed by atoms with Crippen molar-refractivity contribution in [2.75, 3.05) is 13.7 Å². The molecule has 0 amide bonds. The van der Waals surface area contributed by atoms with Gasteiger partial charge in [-0.15, -0.1) is 0 Å². The van der Waals surface area contributed by atoms with Crippen LogP contribution in [0.2, 0.25) is 5.02 Å². The fraction of sp³-hybridized carbons (Fsp3) is 0.500. The molecule has 2 rings (SSSR count). The molecule has 0 radical (unpaired) electrons. The first-order chi connectivity index (χ1) is 15.5. The average Bonchev–Trinajstić information content (AvgIpc) is 2.78. The van der Waals surface area contributed by atoms with Crippen LogP contribution in [0.25, 0.3) is 0 Å². The van der Waals surface area contributed by atoms with Gasteiger partial charge in [0.05, 0.1) is 17.7 Å². The van der Waals surface area contributed by atoms with Crippen LogP contribution in [-0.2, 0) is 16.0 Å². The monoisotopic (exact) mass is 476 g/mol. The van der Waals surface area contributed by atoms with Crippen molar-refractivity contribution in [3.8, 4) is 11.5 Å². The van der Waals surface area contributed by atoms with Crippen LogP contribution >= 0.6 is 11.6 Å². The van der Waals surface area contributed by atoms with Gasteiger partial charge in [-0.3, -0.25) is 9.59 Å². The van der Waals surface area contributed by atoms with E-state index in [0.717, 1.165) is 12.0 Å². The van der Waals surface area contributed by atoms with E-state index >= 15 is 0 Å². The standard InChI is InChI=1S/C26H33ClO6/c1-15(11-12-26(5)16(2)8-10-21(29)18(26)4)7-9-19-24(32-6)20(13-28)17(3)23(27)25(19)33-14-22(30)31/h7,11-13,16,18H,8-10,14H2,1-6H3,(H,30,31)/b12-11+,15-7+/t16-,18+,26+/m1/s1. The number of allylic oxidation sites excluding steroid dienone is 4. The quantitative estimate of drug-likeness (QED) is 0.367. The number of carboxylic acid groups (broad SMARTS) is 1.